The summed E-state index contributed by atoms with van der Waals surface area (Å²) in [5, 5.41) is 8.66. The molecule has 1 aliphatic rings. The molecular formula is C13H17N3O. The molecule has 1 aromatic carbocycles. The second-order valence-electron chi connectivity index (χ2n) is 4.26. The van der Waals surface area contributed by atoms with Crippen LogP contribution in [0.1, 0.15) is 12.0 Å². The maximum atomic E-state index is 8.66. The Morgan fingerprint density at radius 2 is 2.29 bits per heavy atom. The van der Waals surface area contributed by atoms with Gasteiger partial charge < -0.3 is 10.5 Å². The third-order valence-corrected chi connectivity index (χ3v) is 2.95. The highest BCUT2D eigenvalue weighted by Gasteiger charge is 2.15. The van der Waals surface area contributed by atoms with Crippen LogP contribution >= 0.6 is 0 Å². The van der Waals surface area contributed by atoms with Gasteiger partial charge in [0.05, 0.1) is 12.1 Å². The van der Waals surface area contributed by atoms with Crippen LogP contribution in [0.3, 0.4) is 0 Å². The topological polar surface area (TPSA) is 62.3 Å². The van der Waals surface area contributed by atoms with Crippen LogP contribution in [-0.2, 0) is 6.54 Å². The van der Waals surface area contributed by atoms with E-state index in [0.29, 0.717) is 13.0 Å². The minimum Gasteiger partial charge on any atom is -0.492 e. The minimum atomic E-state index is -0.366. The zero-order valence-electron chi connectivity index (χ0n) is 9.80. The summed E-state index contributed by atoms with van der Waals surface area (Å²) in [6.07, 6.45) is 0.707. The van der Waals surface area contributed by atoms with Gasteiger partial charge in [0.15, 0.2) is 0 Å². The lowest BCUT2D eigenvalue weighted by molar-refractivity contribution is 0.222. The minimum absolute atomic E-state index is 0.366. The third kappa shape index (κ3) is 3.19. The smallest absolute Gasteiger partial charge is 0.123 e. The lowest BCUT2D eigenvalue weighted by Gasteiger charge is -2.19. The fourth-order valence-corrected chi connectivity index (χ4v) is 1.96. The highest BCUT2D eigenvalue weighted by atomic mass is 16.5. The fourth-order valence-electron chi connectivity index (χ4n) is 1.96. The Kier molecular flexibility index (Phi) is 3.97. The van der Waals surface area contributed by atoms with E-state index in [0.717, 1.165) is 25.4 Å². The quantitative estimate of drug-likeness (QED) is 0.846. The van der Waals surface area contributed by atoms with Gasteiger partial charge in [-0.25, -0.2) is 0 Å². The molecule has 90 valence electrons. The first-order chi connectivity index (χ1) is 8.29. The monoisotopic (exact) mass is 231 g/mol. The molecule has 0 fully saturated rings. The number of nitriles is 1. The average Bonchev–Trinajstić information content (AvgIpc) is 2.57. The molecule has 1 aliphatic heterocycles. The predicted octanol–water partition coefficient (Wildman–Crippen LogP) is 1.12. The van der Waals surface area contributed by atoms with Crippen molar-refractivity contribution in [1.29, 1.82) is 5.26 Å². The maximum Gasteiger partial charge on any atom is 0.123 e. The zero-order chi connectivity index (χ0) is 12.1. The molecule has 0 saturated heterocycles. The molecule has 0 radical (unpaired) electrons. The van der Waals surface area contributed by atoms with Crippen molar-refractivity contribution in [1.82, 2.24) is 4.90 Å². The van der Waals surface area contributed by atoms with Crippen molar-refractivity contribution in [3.8, 4) is 11.8 Å². The van der Waals surface area contributed by atoms with Crippen LogP contribution in [0.15, 0.2) is 24.3 Å². The number of rotatable bonds is 3. The van der Waals surface area contributed by atoms with Crippen molar-refractivity contribution < 1.29 is 4.74 Å². The number of ether oxygens (including phenoxy) is 1. The molecule has 2 N–H and O–H groups in total. The molecule has 0 amide bonds. The Hall–Kier alpha value is -1.57. The Bertz CT molecular complexity index is 413. The SMILES string of the molecule is N#CC(N)CCN1CCOc2ccccc2C1. The summed E-state index contributed by atoms with van der Waals surface area (Å²) in [5.74, 6) is 0.972. The number of nitrogens with zero attached hydrogens (tertiary/aromatic N) is 2. The van der Waals surface area contributed by atoms with Crippen LogP contribution in [0.5, 0.6) is 5.75 Å². The van der Waals surface area contributed by atoms with Gasteiger partial charge in [-0.15, -0.1) is 0 Å². The van der Waals surface area contributed by atoms with Gasteiger partial charge in [-0.2, -0.15) is 5.26 Å². The van der Waals surface area contributed by atoms with Crippen molar-refractivity contribution in [3.63, 3.8) is 0 Å². The Balaban J connectivity index is 1.96. The molecule has 1 heterocycles. The molecule has 0 saturated carbocycles. The Morgan fingerprint density at radius 3 is 3.12 bits per heavy atom. The van der Waals surface area contributed by atoms with Crippen molar-refractivity contribution in [2.24, 2.45) is 5.73 Å². The predicted molar refractivity (Wildman–Crippen MR) is 65.4 cm³/mol. The number of nitrogens with two attached hydrogens (primary N) is 1. The summed E-state index contributed by atoms with van der Waals surface area (Å²) in [6, 6.07) is 9.78. The molecule has 17 heavy (non-hydrogen) atoms. The van der Waals surface area contributed by atoms with Crippen LogP contribution < -0.4 is 10.5 Å². The van der Waals surface area contributed by atoms with E-state index in [1.165, 1.54) is 5.56 Å². The van der Waals surface area contributed by atoms with E-state index in [4.69, 9.17) is 15.7 Å². The number of hydrogen-bond acceptors (Lipinski definition) is 4. The number of hydrogen-bond donors (Lipinski definition) is 1. The zero-order valence-corrected chi connectivity index (χ0v) is 9.80. The maximum absolute atomic E-state index is 8.66. The molecule has 2 rings (SSSR count). The Morgan fingerprint density at radius 1 is 1.47 bits per heavy atom. The highest BCUT2D eigenvalue weighted by molar-refractivity contribution is 5.33. The van der Waals surface area contributed by atoms with Crippen molar-refractivity contribution >= 4 is 0 Å². The second-order valence-corrected chi connectivity index (χ2v) is 4.26. The summed E-state index contributed by atoms with van der Waals surface area (Å²) in [7, 11) is 0. The molecule has 4 heteroatoms. The van der Waals surface area contributed by atoms with E-state index in [1.807, 2.05) is 18.2 Å². The largest absolute Gasteiger partial charge is 0.492 e. The highest BCUT2D eigenvalue weighted by Crippen LogP contribution is 2.22. The number of fused-ring (bicyclic) bond motifs is 1. The first-order valence-electron chi connectivity index (χ1n) is 5.88. The first-order valence-corrected chi connectivity index (χ1v) is 5.88. The standard InChI is InChI=1S/C13H17N3O/c14-9-12(15)5-6-16-7-8-17-13-4-2-1-3-11(13)10-16/h1-4,12H,5-8,10,15H2. The molecule has 4 nitrogen and oxygen atoms in total. The van der Waals surface area contributed by atoms with Crippen LogP contribution in [0.2, 0.25) is 0 Å². The van der Waals surface area contributed by atoms with Gasteiger partial charge in [-0.05, 0) is 12.5 Å². The summed E-state index contributed by atoms with van der Waals surface area (Å²) < 4.78 is 5.67. The molecule has 1 unspecified atom stereocenters. The van der Waals surface area contributed by atoms with Crippen molar-refractivity contribution in [2.45, 2.75) is 19.0 Å². The van der Waals surface area contributed by atoms with Gasteiger partial charge in [-0.3, -0.25) is 4.90 Å². The van der Waals surface area contributed by atoms with Gasteiger partial charge in [0.25, 0.3) is 0 Å². The second kappa shape index (κ2) is 5.67. The molecule has 0 spiro atoms. The van der Waals surface area contributed by atoms with Crippen molar-refractivity contribution in [2.75, 3.05) is 19.7 Å². The third-order valence-electron chi connectivity index (χ3n) is 2.95. The van der Waals surface area contributed by atoms with Gasteiger partial charge in [0.2, 0.25) is 0 Å². The number of benzene rings is 1. The Labute approximate surface area is 102 Å². The molecule has 0 bridgehead atoms. The molecule has 0 aromatic heterocycles. The van der Waals surface area contributed by atoms with E-state index in [1.54, 1.807) is 0 Å². The van der Waals surface area contributed by atoms with Gasteiger partial charge in [0.1, 0.15) is 12.4 Å². The van der Waals surface area contributed by atoms with E-state index in [-0.39, 0.29) is 6.04 Å². The van der Waals surface area contributed by atoms with E-state index in [2.05, 4.69) is 17.0 Å². The van der Waals surface area contributed by atoms with E-state index >= 15 is 0 Å². The summed E-state index contributed by atoms with van der Waals surface area (Å²) in [4.78, 5) is 2.28. The summed E-state index contributed by atoms with van der Waals surface area (Å²) in [5.41, 5.74) is 6.81. The lowest BCUT2D eigenvalue weighted by Crippen LogP contribution is -2.31. The molecular weight excluding hydrogens is 214 g/mol. The van der Waals surface area contributed by atoms with Gasteiger partial charge >= 0.3 is 0 Å². The number of para-hydroxylation sites is 1. The van der Waals surface area contributed by atoms with Crippen molar-refractivity contribution in [3.05, 3.63) is 29.8 Å². The van der Waals surface area contributed by atoms with Crippen LogP contribution in [-0.4, -0.2) is 30.6 Å². The molecule has 0 aliphatic carbocycles. The first kappa shape index (κ1) is 11.9. The lowest BCUT2D eigenvalue weighted by atomic mass is 10.2. The van der Waals surface area contributed by atoms with E-state index in [9.17, 15) is 0 Å². The summed E-state index contributed by atoms with van der Waals surface area (Å²) in [6.45, 7) is 3.28. The van der Waals surface area contributed by atoms with E-state index < -0.39 is 0 Å². The van der Waals surface area contributed by atoms with Crippen LogP contribution in [0, 0.1) is 11.3 Å². The fraction of sp³-hybridized carbons (Fsp3) is 0.462. The van der Waals surface area contributed by atoms with Crippen LogP contribution in [0.4, 0.5) is 0 Å². The summed E-state index contributed by atoms with van der Waals surface area (Å²) >= 11 is 0. The normalized spacial score (nSPS) is 17.4. The van der Waals surface area contributed by atoms with Gasteiger partial charge in [0, 0.05) is 25.2 Å². The molecule has 1 atom stereocenters. The van der Waals surface area contributed by atoms with Crippen LogP contribution in [0.25, 0.3) is 0 Å². The average molecular weight is 231 g/mol. The molecule has 1 aromatic rings. The van der Waals surface area contributed by atoms with Gasteiger partial charge in [-0.1, -0.05) is 18.2 Å².